The molecule has 0 amide bonds. The van der Waals surface area contributed by atoms with Gasteiger partial charge in [-0.05, 0) is 27.7 Å². The van der Waals surface area contributed by atoms with Gasteiger partial charge < -0.3 is 18.9 Å². The second kappa shape index (κ2) is 20.7. The lowest BCUT2D eigenvalue weighted by Crippen LogP contribution is -2.33. The Balaban J connectivity index is 0.000000375. The van der Waals surface area contributed by atoms with Crippen molar-refractivity contribution in [3.05, 3.63) is 12.7 Å². The maximum Gasteiger partial charge on any atom is 0.422 e. The summed E-state index contributed by atoms with van der Waals surface area (Å²) in [5.41, 5.74) is 0. The lowest BCUT2D eigenvalue weighted by atomic mass is 10.2. The summed E-state index contributed by atoms with van der Waals surface area (Å²) in [5, 5.41) is 0. The standard InChI is InChI=1S/C7H10O6S.C7H8O6S.C6H7F3O6S.C5H8O6S/c2*1-3-4-11-7(8)6-5(2)12-14(9,10)13-6;1-3-4(15-16(11,12)14-3)5(10)13-2-6(7,8)9;1-3-4(5(6)9-2)11-12(7,8)10-3/h3,5-6H,1,4H2,2H3;1,5-6H,4H2,2H3;3-4H,2H2,1H3;3-4H,1-2H3. The van der Waals surface area contributed by atoms with E-state index in [1.165, 1.54) is 26.8 Å². The summed E-state index contributed by atoms with van der Waals surface area (Å²) in [6, 6.07) is 0. The van der Waals surface area contributed by atoms with Crippen LogP contribution in [0.15, 0.2) is 12.7 Å². The van der Waals surface area contributed by atoms with Gasteiger partial charge in [0.25, 0.3) is 0 Å². The third kappa shape index (κ3) is 17.3. The monoisotopic (exact) mass is 902 g/mol. The smallest absolute Gasteiger partial charge is 0.422 e. The van der Waals surface area contributed by atoms with Gasteiger partial charge in [0.15, 0.2) is 13.2 Å². The Bertz CT molecular complexity index is 1910. The molecule has 0 radical (unpaired) electrons. The fourth-order valence-corrected chi connectivity index (χ4v) is 7.58. The normalized spacial score (nSPS) is 30.2. The van der Waals surface area contributed by atoms with Crippen LogP contribution in [0.25, 0.3) is 0 Å². The topological polar surface area (TPSA) is 316 Å². The maximum atomic E-state index is 11.7. The number of terminal acetylenes is 1. The second-order valence-electron chi connectivity index (χ2n) is 10.4. The van der Waals surface area contributed by atoms with Gasteiger partial charge in [0.05, 0.1) is 7.11 Å². The fourth-order valence-electron chi connectivity index (χ4n) is 3.55. The zero-order valence-corrected chi connectivity index (χ0v) is 32.4. The van der Waals surface area contributed by atoms with E-state index in [0.29, 0.717) is 0 Å². The molecule has 24 nitrogen and oxygen atoms in total. The van der Waals surface area contributed by atoms with Crippen molar-refractivity contribution in [3.63, 3.8) is 0 Å². The number of rotatable bonds is 8. The highest BCUT2D eigenvalue weighted by atomic mass is 32.3. The van der Waals surface area contributed by atoms with E-state index >= 15 is 0 Å². The van der Waals surface area contributed by atoms with Crippen LogP contribution in [0.4, 0.5) is 13.2 Å². The highest BCUT2D eigenvalue weighted by Crippen LogP contribution is 2.24. The van der Waals surface area contributed by atoms with Crippen LogP contribution in [0, 0.1) is 12.3 Å². The maximum absolute atomic E-state index is 11.7. The summed E-state index contributed by atoms with van der Waals surface area (Å²) < 4.78 is 172. The van der Waals surface area contributed by atoms with Crippen LogP contribution in [0.1, 0.15) is 27.7 Å². The number of hydrogen-bond acceptors (Lipinski definition) is 24. The highest BCUT2D eigenvalue weighted by Gasteiger charge is 2.46. The van der Waals surface area contributed by atoms with Crippen LogP contribution in [-0.4, -0.2) is 139 Å². The van der Waals surface area contributed by atoms with E-state index in [9.17, 15) is 66.0 Å². The number of esters is 4. The van der Waals surface area contributed by atoms with Crippen molar-refractivity contribution in [2.24, 2.45) is 0 Å². The molecule has 0 N–H and O–H groups in total. The molecule has 4 aliphatic rings. The van der Waals surface area contributed by atoms with Gasteiger partial charge in [0.1, 0.15) is 31.0 Å². The quantitative estimate of drug-likeness (QED) is 0.114. The number of hydrogen-bond donors (Lipinski definition) is 0. The van der Waals surface area contributed by atoms with Crippen molar-refractivity contribution >= 4 is 65.5 Å². The van der Waals surface area contributed by atoms with Crippen LogP contribution >= 0.6 is 0 Å². The Morgan fingerprint density at radius 3 is 1.16 bits per heavy atom. The molecule has 8 unspecified atom stereocenters. The molecule has 322 valence electrons. The number of halogens is 3. The van der Waals surface area contributed by atoms with E-state index in [2.05, 4.69) is 64.9 Å². The third-order valence-electron chi connectivity index (χ3n) is 5.82. The van der Waals surface area contributed by atoms with Crippen LogP contribution in [0.2, 0.25) is 0 Å². The Labute approximate surface area is 317 Å². The van der Waals surface area contributed by atoms with Gasteiger partial charge in [0.2, 0.25) is 24.4 Å². The largest absolute Gasteiger partial charge is 0.467 e. The Kier molecular flexibility index (Phi) is 18.7. The van der Waals surface area contributed by atoms with Gasteiger partial charge in [-0.15, -0.1) is 6.42 Å². The highest BCUT2D eigenvalue weighted by molar-refractivity contribution is 7.82. The minimum Gasteiger partial charge on any atom is -0.467 e. The molecule has 0 saturated carbocycles. The molecular weight excluding hydrogens is 870 g/mol. The zero-order valence-electron chi connectivity index (χ0n) is 29.2. The lowest BCUT2D eigenvalue weighted by molar-refractivity contribution is -0.191. The molecule has 0 aromatic carbocycles. The molecule has 56 heavy (non-hydrogen) atoms. The first kappa shape index (κ1) is 50.5. The summed E-state index contributed by atoms with van der Waals surface area (Å²) in [6.07, 6.45) is -7.65. The molecule has 4 aliphatic heterocycles. The van der Waals surface area contributed by atoms with Crippen LogP contribution < -0.4 is 0 Å². The Morgan fingerprint density at radius 2 is 0.911 bits per heavy atom. The molecule has 0 aromatic heterocycles. The zero-order chi connectivity index (χ0) is 43.4. The molecule has 0 aromatic rings. The first-order valence-electron chi connectivity index (χ1n) is 14.6. The molecule has 31 heteroatoms. The summed E-state index contributed by atoms with van der Waals surface area (Å²) in [5.74, 6) is -1.76. The van der Waals surface area contributed by atoms with Gasteiger partial charge in [-0.25, -0.2) is 52.6 Å². The minimum absolute atomic E-state index is 0.00542. The minimum atomic E-state index is -4.68. The lowest BCUT2D eigenvalue weighted by Gasteiger charge is -2.11. The second-order valence-corrected chi connectivity index (χ2v) is 15.2. The number of carbonyl (C=O) groups is 4. The van der Waals surface area contributed by atoms with Gasteiger partial charge in [-0.1, -0.05) is 18.6 Å². The van der Waals surface area contributed by atoms with Crippen molar-refractivity contribution in [2.45, 2.75) is 82.7 Å². The van der Waals surface area contributed by atoms with Crippen molar-refractivity contribution in [3.8, 4) is 12.3 Å². The van der Waals surface area contributed by atoms with Crippen molar-refractivity contribution in [1.29, 1.82) is 0 Å². The van der Waals surface area contributed by atoms with E-state index in [1.54, 1.807) is 0 Å². The van der Waals surface area contributed by atoms with Gasteiger partial charge in [0, 0.05) is 0 Å². The summed E-state index contributed by atoms with van der Waals surface area (Å²) in [7, 11) is -15.3. The SMILES string of the molecule is C#CCOC(=O)C1OS(=O)(=O)OC1C.C=CCOC(=O)C1OS(=O)(=O)OC1C.CC1OS(=O)(=O)OC1C(=O)OCC(F)(F)F.COC(=O)C1OS(=O)(=O)OC1C. The first-order valence-corrected chi connectivity index (χ1v) is 20.0. The van der Waals surface area contributed by atoms with E-state index in [4.69, 9.17) is 6.42 Å². The average Bonchev–Trinajstić information content (AvgIpc) is 3.73. The molecule has 4 fully saturated rings. The third-order valence-corrected chi connectivity index (χ3v) is 9.75. The van der Waals surface area contributed by atoms with E-state index in [0.717, 1.165) is 14.0 Å². The summed E-state index contributed by atoms with van der Waals surface area (Å²) in [4.78, 5) is 44.1. The van der Waals surface area contributed by atoms with Gasteiger partial charge in [-0.2, -0.15) is 46.8 Å². The number of ether oxygens (including phenoxy) is 4. The van der Waals surface area contributed by atoms with Crippen LogP contribution in [0.3, 0.4) is 0 Å². The van der Waals surface area contributed by atoms with Crippen LogP contribution in [0.5, 0.6) is 0 Å². The predicted molar refractivity (Wildman–Crippen MR) is 167 cm³/mol. The van der Waals surface area contributed by atoms with Gasteiger partial charge in [-0.3, -0.25) is 0 Å². The molecule has 4 rings (SSSR count). The van der Waals surface area contributed by atoms with E-state index in [1.807, 2.05) is 0 Å². The molecule has 4 saturated heterocycles. The number of alkyl halides is 3. The Hall–Kier alpha value is -3.55. The summed E-state index contributed by atoms with van der Waals surface area (Å²) >= 11 is 0. The van der Waals surface area contributed by atoms with Crippen molar-refractivity contribution < 1.29 is 118 Å². The molecule has 8 atom stereocenters. The predicted octanol–water partition coefficient (Wildman–Crippen LogP) is -1.68. The molecular formula is C25H33F3O24S4. The number of carbonyl (C=O) groups excluding carboxylic acids is 4. The molecule has 0 spiro atoms. The average molecular weight is 903 g/mol. The Morgan fingerprint density at radius 1 is 0.607 bits per heavy atom. The fraction of sp³-hybridized carbons (Fsp3) is 0.680. The van der Waals surface area contributed by atoms with E-state index < -0.39 is 127 Å². The number of methoxy groups -OCH3 is 1. The van der Waals surface area contributed by atoms with Crippen LogP contribution in [-0.2, 0) is 113 Å². The van der Waals surface area contributed by atoms with Crippen molar-refractivity contribution in [1.82, 2.24) is 0 Å². The molecule has 4 heterocycles. The molecule has 0 aliphatic carbocycles. The first-order chi connectivity index (χ1) is 25.5. The van der Waals surface area contributed by atoms with Crippen molar-refractivity contribution in [2.75, 3.05) is 26.9 Å². The summed E-state index contributed by atoms with van der Waals surface area (Å²) in [6.45, 7) is 6.66. The van der Waals surface area contributed by atoms with Gasteiger partial charge >= 0.3 is 71.6 Å². The van der Waals surface area contributed by atoms with E-state index in [-0.39, 0.29) is 13.2 Å². The molecule has 0 bridgehead atoms.